The summed E-state index contributed by atoms with van der Waals surface area (Å²) in [4.78, 5) is 0. The summed E-state index contributed by atoms with van der Waals surface area (Å²) in [6.07, 6.45) is 2.28. The molecule has 0 unspecified atom stereocenters. The zero-order chi connectivity index (χ0) is 8.62. The van der Waals surface area contributed by atoms with E-state index < -0.39 is 0 Å². The molecule has 0 aromatic rings. The third-order valence-corrected chi connectivity index (χ3v) is 0.966. The SMILES string of the molecule is COC(C)(C)C.[CH2-]CCC.[Li+]. The van der Waals surface area contributed by atoms with Gasteiger partial charge in [0.2, 0.25) is 0 Å². The van der Waals surface area contributed by atoms with E-state index in [1.165, 1.54) is 6.42 Å². The number of methoxy groups -OCH3 is 1. The minimum Gasteiger partial charge on any atom is -0.379 e. The van der Waals surface area contributed by atoms with Crippen LogP contribution >= 0.6 is 0 Å². The molecule has 2 heteroatoms. The normalized spacial score (nSPS) is 9.27. The van der Waals surface area contributed by atoms with Crippen molar-refractivity contribution in [3.63, 3.8) is 0 Å². The first-order valence-electron chi connectivity index (χ1n) is 3.82. The maximum absolute atomic E-state index is 4.94. The molecule has 64 valence electrons. The summed E-state index contributed by atoms with van der Waals surface area (Å²) in [5.41, 5.74) is 0.0417. The largest absolute Gasteiger partial charge is 1.00 e. The number of hydrogen-bond donors (Lipinski definition) is 0. The molecule has 0 fully saturated rings. The van der Waals surface area contributed by atoms with Crippen molar-refractivity contribution in [3.05, 3.63) is 6.92 Å². The molecule has 0 rings (SSSR count). The first-order valence-corrected chi connectivity index (χ1v) is 3.82. The molecule has 0 aromatic heterocycles. The Balaban J connectivity index is -0.000000114. The average Bonchev–Trinajstić information content (AvgIpc) is 1.87. The van der Waals surface area contributed by atoms with Gasteiger partial charge in [0.05, 0.1) is 5.60 Å². The molecule has 0 aliphatic carbocycles. The van der Waals surface area contributed by atoms with Crippen LogP contribution in [0.3, 0.4) is 0 Å². The zero-order valence-electron chi connectivity index (χ0n) is 9.03. The fourth-order valence-electron chi connectivity index (χ4n) is 0. The summed E-state index contributed by atoms with van der Waals surface area (Å²) in [5.74, 6) is 0. The van der Waals surface area contributed by atoms with Crippen LogP contribution in [0.25, 0.3) is 0 Å². The van der Waals surface area contributed by atoms with Gasteiger partial charge in [0.1, 0.15) is 0 Å². The molecule has 0 saturated heterocycles. The molecule has 0 aromatic carbocycles. The maximum Gasteiger partial charge on any atom is 1.00 e. The molecule has 0 spiro atoms. The second-order valence-electron chi connectivity index (χ2n) is 3.17. The van der Waals surface area contributed by atoms with Gasteiger partial charge in [-0.05, 0) is 20.8 Å². The number of rotatable bonds is 1. The molecule has 0 N–H and O–H groups in total. The summed E-state index contributed by atoms with van der Waals surface area (Å²) in [6, 6.07) is 0. The Bertz CT molecular complexity index is 55.1. The van der Waals surface area contributed by atoms with Crippen molar-refractivity contribution in [1.82, 2.24) is 0 Å². The van der Waals surface area contributed by atoms with E-state index in [1.807, 2.05) is 20.8 Å². The van der Waals surface area contributed by atoms with Gasteiger partial charge in [-0.25, -0.2) is 0 Å². The summed E-state index contributed by atoms with van der Waals surface area (Å²) in [6.45, 7) is 11.8. The van der Waals surface area contributed by atoms with Crippen LogP contribution in [0.15, 0.2) is 0 Å². The summed E-state index contributed by atoms with van der Waals surface area (Å²) < 4.78 is 4.94. The third-order valence-electron chi connectivity index (χ3n) is 0.966. The van der Waals surface area contributed by atoms with Gasteiger partial charge in [-0.15, -0.1) is 0 Å². The van der Waals surface area contributed by atoms with E-state index in [0.717, 1.165) is 6.42 Å². The monoisotopic (exact) mass is 152 g/mol. The van der Waals surface area contributed by atoms with Crippen LogP contribution in [-0.2, 0) is 4.74 Å². The van der Waals surface area contributed by atoms with Gasteiger partial charge in [0.25, 0.3) is 0 Å². The molecule has 0 radical (unpaired) electrons. The van der Waals surface area contributed by atoms with E-state index >= 15 is 0 Å². The Morgan fingerprint density at radius 3 is 1.45 bits per heavy atom. The van der Waals surface area contributed by atoms with Crippen LogP contribution in [0.2, 0.25) is 0 Å². The molecule has 0 aliphatic rings. The van der Waals surface area contributed by atoms with Gasteiger partial charge in [-0.1, -0.05) is 13.3 Å². The minimum absolute atomic E-state index is 0. The number of unbranched alkanes of at least 4 members (excludes halogenated alkanes) is 1. The van der Waals surface area contributed by atoms with Crippen LogP contribution in [0.4, 0.5) is 0 Å². The van der Waals surface area contributed by atoms with Crippen molar-refractivity contribution in [2.45, 2.75) is 46.1 Å². The van der Waals surface area contributed by atoms with Gasteiger partial charge in [0, 0.05) is 7.11 Å². The molecule has 0 saturated carbocycles. The van der Waals surface area contributed by atoms with Crippen molar-refractivity contribution in [2.24, 2.45) is 0 Å². The van der Waals surface area contributed by atoms with Crippen LogP contribution in [0.5, 0.6) is 0 Å². The first-order chi connectivity index (χ1) is 4.47. The quantitative estimate of drug-likeness (QED) is 0.381. The standard InChI is InChI=1S/C5H12O.C4H9.Li/c1-5(2,3)6-4;1-3-4-2;/h1-4H3;1,3-4H2,2H3;/q;-1;+1. The second-order valence-corrected chi connectivity index (χ2v) is 3.17. The van der Waals surface area contributed by atoms with Gasteiger partial charge >= 0.3 is 18.9 Å². The molecule has 0 heterocycles. The molecule has 1 nitrogen and oxygen atoms in total. The molecular formula is C9H21LiO. The molecular weight excluding hydrogens is 131 g/mol. The molecule has 0 atom stereocenters. The second kappa shape index (κ2) is 10.6. The Morgan fingerprint density at radius 2 is 1.45 bits per heavy atom. The molecule has 11 heavy (non-hydrogen) atoms. The summed E-state index contributed by atoms with van der Waals surface area (Å²) in [7, 11) is 1.71. The Kier molecular flexibility index (Phi) is 16.9. The minimum atomic E-state index is 0. The Hall–Kier alpha value is 0.557. The molecule has 0 amide bonds. The topological polar surface area (TPSA) is 9.23 Å². The zero-order valence-corrected chi connectivity index (χ0v) is 9.03. The first kappa shape index (κ1) is 17.6. The maximum atomic E-state index is 4.94. The Morgan fingerprint density at radius 1 is 1.27 bits per heavy atom. The Labute approximate surface area is 84.1 Å². The number of ether oxygens (including phenoxy) is 1. The van der Waals surface area contributed by atoms with Gasteiger partial charge in [0.15, 0.2) is 0 Å². The average molecular weight is 152 g/mol. The molecule has 0 bridgehead atoms. The van der Waals surface area contributed by atoms with Crippen molar-refractivity contribution in [2.75, 3.05) is 7.11 Å². The van der Waals surface area contributed by atoms with E-state index in [0.29, 0.717) is 0 Å². The van der Waals surface area contributed by atoms with Crippen molar-refractivity contribution in [1.29, 1.82) is 0 Å². The van der Waals surface area contributed by atoms with Crippen molar-refractivity contribution >= 4 is 0 Å². The van der Waals surface area contributed by atoms with E-state index in [-0.39, 0.29) is 24.5 Å². The van der Waals surface area contributed by atoms with E-state index in [9.17, 15) is 0 Å². The van der Waals surface area contributed by atoms with Crippen LogP contribution in [0, 0.1) is 6.92 Å². The van der Waals surface area contributed by atoms with E-state index in [1.54, 1.807) is 7.11 Å². The van der Waals surface area contributed by atoms with E-state index in [2.05, 4.69) is 13.8 Å². The van der Waals surface area contributed by atoms with E-state index in [4.69, 9.17) is 4.74 Å². The summed E-state index contributed by atoms with van der Waals surface area (Å²) in [5, 5.41) is 0. The summed E-state index contributed by atoms with van der Waals surface area (Å²) >= 11 is 0. The predicted octanol–water partition coefficient (Wildman–Crippen LogP) is 0.0559. The fraction of sp³-hybridized carbons (Fsp3) is 0.889. The third kappa shape index (κ3) is 37.2. The van der Waals surface area contributed by atoms with Crippen molar-refractivity contribution < 1.29 is 23.6 Å². The van der Waals surface area contributed by atoms with Crippen LogP contribution < -0.4 is 18.9 Å². The van der Waals surface area contributed by atoms with Crippen LogP contribution in [0.1, 0.15) is 40.5 Å². The van der Waals surface area contributed by atoms with Gasteiger partial charge in [-0.3, -0.25) is 0 Å². The fourth-order valence-corrected chi connectivity index (χ4v) is 0. The van der Waals surface area contributed by atoms with Gasteiger partial charge < -0.3 is 11.7 Å². The van der Waals surface area contributed by atoms with Gasteiger partial charge in [-0.2, -0.15) is 6.42 Å². The van der Waals surface area contributed by atoms with Crippen molar-refractivity contribution in [3.8, 4) is 0 Å². The molecule has 0 aliphatic heterocycles. The number of hydrogen-bond acceptors (Lipinski definition) is 1. The predicted molar refractivity (Wildman–Crippen MR) is 47.0 cm³/mol. The van der Waals surface area contributed by atoms with Crippen LogP contribution in [-0.4, -0.2) is 12.7 Å². The smallest absolute Gasteiger partial charge is 0.379 e.